The van der Waals surface area contributed by atoms with Crippen molar-refractivity contribution in [2.45, 2.75) is 0 Å². The molecule has 90 valence electrons. The summed E-state index contributed by atoms with van der Waals surface area (Å²) in [6, 6.07) is 5.81. The van der Waals surface area contributed by atoms with E-state index < -0.39 is 11.6 Å². The van der Waals surface area contributed by atoms with Gasteiger partial charge in [-0.2, -0.15) is 11.3 Å². The van der Waals surface area contributed by atoms with Gasteiger partial charge in [-0.15, -0.1) is 11.3 Å². The highest BCUT2D eigenvalue weighted by molar-refractivity contribution is 7.14. The van der Waals surface area contributed by atoms with Gasteiger partial charge in [-0.3, -0.25) is 0 Å². The summed E-state index contributed by atoms with van der Waals surface area (Å²) in [4.78, 5) is 4.43. The molecule has 2 heterocycles. The van der Waals surface area contributed by atoms with Crippen LogP contribution in [0.5, 0.6) is 0 Å². The molecule has 0 aliphatic rings. The van der Waals surface area contributed by atoms with Gasteiger partial charge in [0.25, 0.3) is 0 Å². The Bertz CT molecular complexity index is 674. The minimum atomic E-state index is -0.849. The summed E-state index contributed by atoms with van der Waals surface area (Å²) in [6.07, 6.45) is 0. The number of hydrogen-bond donors (Lipinski definition) is 0. The highest BCUT2D eigenvalue weighted by atomic mass is 32.1. The maximum absolute atomic E-state index is 13.1. The van der Waals surface area contributed by atoms with Crippen molar-refractivity contribution in [2.24, 2.45) is 0 Å². The molecule has 0 radical (unpaired) electrons. The van der Waals surface area contributed by atoms with Crippen molar-refractivity contribution in [2.75, 3.05) is 0 Å². The third-order valence-corrected chi connectivity index (χ3v) is 4.06. The van der Waals surface area contributed by atoms with Crippen LogP contribution in [0.25, 0.3) is 21.8 Å². The molecule has 0 bridgehead atoms. The lowest BCUT2D eigenvalue weighted by Gasteiger charge is -1.97. The molecule has 0 amide bonds. The first-order chi connectivity index (χ1) is 8.74. The highest BCUT2D eigenvalue weighted by Gasteiger charge is 2.09. The molecule has 0 N–H and O–H groups in total. The Hall–Kier alpha value is -1.59. The standard InChI is InChI=1S/C13H7F2NS2/c14-10-2-1-8(5-11(10)15)12-7-18-13(16-12)9-3-4-17-6-9/h1-7H. The second kappa shape index (κ2) is 4.59. The Labute approximate surface area is 110 Å². The van der Waals surface area contributed by atoms with Crippen molar-refractivity contribution in [3.8, 4) is 21.8 Å². The van der Waals surface area contributed by atoms with Crippen LogP contribution in [0, 0.1) is 11.6 Å². The second-order valence-corrected chi connectivity index (χ2v) is 5.32. The minimum absolute atomic E-state index is 0.589. The van der Waals surface area contributed by atoms with Crippen molar-refractivity contribution >= 4 is 22.7 Å². The minimum Gasteiger partial charge on any atom is -0.236 e. The monoisotopic (exact) mass is 279 g/mol. The Morgan fingerprint density at radius 1 is 0.944 bits per heavy atom. The Kier molecular flexibility index (Phi) is 2.93. The molecule has 1 aromatic carbocycles. The molecule has 0 saturated heterocycles. The molecule has 0 aliphatic carbocycles. The Balaban J connectivity index is 2.00. The molecule has 3 aromatic rings. The number of halogens is 2. The van der Waals surface area contributed by atoms with Gasteiger partial charge in [0, 0.05) is 21.9 Å². The van der Waals surface area contributed by atoms with Crippen LogP contribution in [0.2, 0.25) is 0 Å². The molecule has 0 aliphatic heterocycles. The van der Waals surface area contributed by atoms with Gasteiger partial charge in [0.05, 0.1) is 5.69 Å². The first-order valence-electron chi connectivity index (χ1n) is 5.17. The number of thiophene rings is 1. The summed E-state index contributed by atoms with van der Waals surface area (Å²) in [7, 11) is 0. The van der Waals surface area contributed by atoms with Crippen molar-refractivity contribution in [3.63, 3.8) is 0 Å². The molecule has 0 saturated carbocycles. The second-order valence-electron chi connectivity index (χ2n) is 3.68. The van der Waals surface area contributed by atoms with Crippen LogP contribution in [0.1, 0.15) is 0 Å². The fraction of sp³-hybridized carbons (Fsp3) is 0. The Morgan fingerprint density at radius 3 is 2.56 bits per heavy atom. The number of rotatable bonds is 2. The maximum Gasteiger partial charge on any atom is 0.159 e. The summed E-state index contributed by atoms with van der Waals surface area (Å²) >= 11 is 3.09. The van der Waals surface area contributed by atoms with E-state index in [0.717, 1.165) is 16.6 Å². The van der Waals surface area contributed by atoms with Crippen LogP contribution in [0.3, 0.4) is 0 Å². The van der Waals surface area contributed by atoms with E-state index in [9.17, 15) is 8.78 Å². The quantitative estimate of drug-likeness (QED) is 0.655. The summed E-state index contributed by atoms with van der Waals surface area (Å²) < 4.78 is 26.0. The average Bonchev–Trinajstić information content (AvgIpc) is 3.01. The van der Waals surface area contributed by atoms with Crippen LogP contribution in [0.4, 0.5) is 8.78 Å². The average molecular weight is 279 g/mol. The summed E-state index contributed by atoms with van der Waals surface area (Å²) in [6.45, 7) is 0. The van der Waals surface area contributed by atoms with Crippen molar-refractivity contribution in [1.29, 1.82) is 0 Å². The molecule has 0 atom stereocenters. The Morgan fingerprint density at radius 2 is 1.83 bits per heavy atom. The summed E-state index contributed by atoms with van der Waals surface area (Å²) in [5, 5.41) is 6.72. The molecule has 18 heavy (non-hydrogen) atoms. The van der Waals surface area contributed by atoms with E-state index in [1.54, 1.807) is 11.3 Å². The molecule has 2 aromatic heterocycles. The van der Waals surface area contributed by atoms with Crippen LogP contribution < -0.4 is 0 Å². The zero-order chi connectivity index (χ0) is 12.5. The number of aromatic nitrogens is 1. The van der Waals surface area contributed by atoms with E-state index in [-0.39, 0.29) is 0 Å². The van der Waals surface area contributed by atoms with Crippen LogP contribution >= 0.6 is 22.7 Å². The normalized spacial score (nSPS) is 10.8. The molecule has 3 rings (SSSR count). The van der Waals surface area contributed by atoms with E-state index in [1.165, 1.54) is 23.5 Å². The highest BCUT2D eigenvalue weighted by Crippen LogP contribution is 2.30. The SMILES string of the molecule is Fc1ccc(-c2csc(-c3ccsc3)n2)cc1F. The van der Waals surface area contributed by atoms with Gasteiger partial charge < -0.3 is 0 Å². The first-order valence-corrected chi connectivity index (χ1v) is 7.00. The van der Waals surface area contributed by atoms with Crippen LogP contribution in [-0.2, 0) is 0 Å². The predicted octanol–water partition coefficient (Wildman–Crippen LogP) is 4.82. The molecule has 5 heteroatoms. The number of hydrogen-bond acceptors (Lipinski definition) is 3. The van der Waals surface area contributed by atoms with Gasteiger partial charge in [-0.25, -0.2) is 13.8 Å². The lowest BCUT2D eigenvalue weighted by atomic mass is 10.1. The van der Waals surface area contributed by atoms with E-state index in [1.807, 2.05) is 22.2 Å². The smallest absolute Gasteiger partial charge is 0.159 e. The fourth-order valence-electron chi connectivity index (χ4n) is 1.58. The van der Waals surface area contributed by atoms with E-state index in [2.05, 4.69) is 4.98 Å². The van der Waals surface area contributed by atoms with Gasteiger partial charge in [0.15, 0.2) is 11.6 Å². The zero-order valence-corrected chi connectivity index (χ0v) is 10.7. The molecule has 0 spiro atoms. The third-order valence-electron chi connectivity index (χ3n) is 2.49. The van der Waals surface area contributed by atoms with Crippen LogP contribution in [-0.4, -0.2) is 4.98 Å². The van der Waals surface area contributed by atoms with Crippen molar-refractivity contribution in [3.05, 3.63) is 52.0 Å². The number of thiazole rings is 1. The van der Waals surface area contributed by atoms with Gasteiger partial charge in [0.2, 0.25) is 0 Å². The van der Waals surface area contributed by atoms with E-state index in [0.29, 0.717) is 11.3 Å². The van der Waals surface area contributed by atoms with Gasteiger partial charge in [-0.1, -0.05) is 0 Å². The van der Waals surface area contributed by atoms with Gasteiger partial charge in [-0.05, 0) is 29.6 Å². The lowest BCUT2D eigenvalue weighted by molar-refractivity contribution is 0.509. The van der Waals surface area contributed by atoms with Crippen LogP contribution in [0.15, 0.2) is 40.4 Å². The summed E-state index contributed by atoms with van der Waals surface area (Å²) in [5.74, 6) is -1.69. The number of benzene rings is 1. The first kappa shape index (κ1) is 11.5. The van der Waals surface area contributed by atoms with Gasteiger partial charge in [0.1, 0.15) is 5.01 Å². The van der Waals surface area contributed by atoms with Crippen molar-refractivity contribution in [1.82, 2.24) is 4.98 Å². The molecule has 1 nitrogen and oxygen atoms in total. The van der Waals surface area contributed by atoms with Crippen molar-refractivity contribution < 1.29 is 8.78 Å². The predicted molar refractivity (Wildman–Crippen MR) is 70.8 cm³/mol. The summed E-state index contributed by atoms with van der Waals surface area (Å²) in [5.41, 5.74) is 2.31. The largest absolute Gasteiger partial charge is 0.236 e. The molecule has 0 unspecified atom stereocenters. The van der Waals surface area contributed by atoms with E-state index in [4.69, 9.17) is 0 Å². The fourth-order valence-corrected chi connectivity index (χ4v) is 3.12. The topological polar surface area (TPSA) is 12.9 Å². The van der Waals surface area contributed by atoms with E-state index >= 15 is 0 Å². The maximum atomic E-state index is 13.1. The zero-order valence-electron chi connectivity index (χ0n) is 9.06. The lowest BCUT2D eigenvalue weighted by Crippen LogP contribution is -1.85. The number of nitrogens with zero attached hydrogens (tertiary/aromatic N) is 1. The molecular formula is C13H7F2NS2. The molecule has 0 fully saturated rings. The molecular weight excluding hydrogens is 272 g/mol. The van der Waals surface area contributed by atoms with Gasteiger partial charge >= 0.3 is 0 Å². The third kappa shape index (κ3) is 2.07.